The molecule has 1 aromatic heterocycles. The summed E-state index contributed by atoms with van der Waals surface area (Å²) in [5.41, 5.74) is 0.478. The molecule has 21 heavy (non-hydrogen) atoms. The highest BCUT2D eigenvalue weighted by Crippen LogP contribution is 2.20. The van der Waals surface area contributed by atoms with Crippen molar-refractivity contribution in [2.24, 2.45) is 0 Å². The van der Waals surface area contributed by atoms with Crippen molar-refractivity contribution in [1.82, 2.24) is 4.98 Å². The molecule has 0 bridgehead atoms. The fourth-order valence-electron chi connectivity index (χ4n) is 1.71. The van der Waals surface area contributed by atoms with Crippen LogP contribution in [0, 0.1) is 16.5 Å². The van der Waals surface area contributed by atoms with E-state index in [9.17, 15) is 5.21 Å². The van der Waals surface area contributed by atoms with Gasteiger partial charge in [0.1, 0.15) is 23.2 Å². The summed E-state index contributed by atoms with van der Waals surface area (Å²) >= 11 is 0. The third-order valence-electron chi connectivity index (χ3n) is 2.78. The quantitative estimate of drug-likeness (QED) is 0.637. The van der Waals surface area contributed by atoms with Gasteiger partial charge in [-0.1, -0.05) is 4.98 Å². The standard InChI is InChI=1S/C16H15N3O2/c1-16(2,9-7-14-8-10-18-12-19(14)20)21-15-5-3-13(11-17)4-6-15/h3-10,12H,1-2H3/b9-7+. The van der Waals surface area contributed by atoms with Crippen LogP contribution >= 0.6 is 0 Å². The van der Waals surface area contributed by atoms with Crippen molar-refractivity contribution in [1.29, 1.82) is 5.26 Å². The zero-order valence-corrected chi connectivity index (χ0v) is 11.9. The van der Waals surface area contributed by atoms with Crippen molar-refractivity contribution in [2.75, 3.05) is 0 Å². The Bertz CT molecular complexity index is 685. The van der Waals surface area contributed by atoms with E-state index in [1.165, 1.54) is 6.33 Å². The highest BCUT2D eigenvalue weighted by molar-refractivity contribution is 5.43. The van der Waals surface area contributed by atoms with Gasteiger partial charge in [0.2, 0.25) is 0 Å². The van der Waals surface area contributed by atoms with Crippen molar-refractivity contribution >= 4 is 6.08 Å². The van der Waals surface area contributed by atoms with E-state index in [-0.39, 0.29) is 0 Å². The molecule has 0 atom stereocenters. The minimum absolute atomic E-state index is 0.488. The minimum Gasteiger partial charge on any atom is -0.710 e. The zero-order valence-electron chi connectivity index (χ0n) is 11.9. The maximum atomic E-state index is 11.5. The molecule has 0 fully saturated rings. The average molecular weight is 281 g/mol. The first-order valence-electron chi connectivity index (χ1n) is 6.42. The van der Waals surface area contributed by atoms with Crippen LogP contribution in [0.5, 0.6) is 5.75 Å². The number of aromatic nitrogens is 2. The van der Waals surface area contributed by atoms with Crippen LogP contribution in [0.15, 0.2) is 48.9 Å². The summed E-state index contributed by atoms with van der Waals surface area (Å²) < 4.78 is 6.53. The third-order valence-corrected chi connectivity index (χ3v) is 2.78. The molecule has 5 nitrogen and oxygen atoms in total. The Morgan fingerprint density at radius 3 is 2.62 bits per heavy atom. The lowest BCUT2D eigenvalue weighted by molar-refractivity contribution is -0.610. The van der Waals surface area contributed by atoms with Crippen molar-refractivity contribution in [3.05, 3.63) is 65.4 Å². The maximum Gasteiger partial charge on any atom is 0.289 e. The van der Waals surface area contributed by atoms with E-state index in [0.29, 0.717) is 21.7 Å². The lowest BCUT2D eigenvalue weighted by Crippen LogP contribution is -2.30. The predicted molar refractivity (Wildman–Crippen MR) is 78.1 cm³/mol. The molecule has 0 aliphatic heterocycles. The van der Waals surface area contributed by atoms with E-state index in [0.717, 1.165) is 0 Å². The maximum absolute atomic E-state index is 11.5. The second-order valence-electron chi connectivity index (χ2n) is 5.01. The largest absolute Gasteiger partial charge is 0.710 e. The summed E-state index contributed by atoms with van der Waals surface area (Å²) in [6.45, 7) is 3.77. The fraction of sp³-hybridized carbons (Fsp3) is 0.188. The molecule has 2 aromatic rings. The second kappa shape index (κ2) is 6.06. The minimum atomic E-state index is -0.593. The Labute approximate surface area is 123 Å². The number of nitriles is 1. The first kappa shape index (κ1) is 14.5. The number of ether oxygens (including phenoxy) is 1. The lowest BCUT2D eigenvalue weighted by atomic mass is 10.1. The molecule has 0 aliphatic rings. The van der Waals surface area contributed by atoms with Gasteiger partial charge in [-0.15, -0.1) is 0 Å². The molecular formula is C16H15N3O2. The number of hydrogen-bond acceptors (Lipinski definition) is 4. The van der Waals surface area contributed by atoms with Gasteiger partial charge in [-0.3, -0.25) is 0 Å². The summed E-state index contributed by atoms with van der Waals surface area (Å²) in [5.74, 6) is 0.661. The van der Waals surface area contributed by atoms with Crippen LogP contribution in [0.4, 0.5) is 0 Å². The van der Waals surface area contributed by atoms with E-state index >= 15 is 0 Å². The molecule has 0 radical (unpaired) electrons. The highest BCUT2D eigenvalue weighted by Gasteiger charge is 2.16. The smallest absolute Gasteiger partial charge is 0.289 e. The van der Waals surface area contributed by atoms with Crippen LogP contribution in [0.25, 0.3) is 6.08 Å². The molecule has 0 aliphatic carbocycles. The van der Waals surface area contributed by atoms with Crippen molar-refractivity contribution in [2.45, 2.75) is 19.4 Å². The van der Waals surface area contributed by atoms with E-state index in [1.807, 2.05) is 13.8 Å². The van der Waals surface area contributed by atoms with Crippen LogP contribution in [-0.2, 0) is 0 Å². The molecule has 0 spiro atoms. The molecule has 0 amide bonds. The van der Waals surface area contributed by atoms with Crippen LogP contribution < -0.4 is 9.47 Å². The highest BCUT2D eigenvalue weighted by atomic mass is 16.5. The van der Waals surface area contributed by atoms with E-state index in [1.54, 1.807) is 48.7 Å². The van der Waals surface area contributed by atoms with Gasteiger partial charge in [0.05, 0.1) is 11.6 Å². The average Bonchev–Trinajstić information content (AvgIpc) is 2.47. The SMILES string of the molecule is CC(C)(/C=C/c1ccnc[n+]1[O-])Oc1ccc(C#N)cc1. The molecule has 5 heteroatoms. The Kier molecular flexibility index (Phi) is 4.19. The normalized spacial score (nSPS) is 11.3. The zero-order chi connectivity index (χ0) is 15.3. The molecule has 1 heterocycles. The Balaban J connectivity index is 2.11. The fourth-order valence-corrected chi connectivity index (χ4v) is 1.71. The van der Waals surface area contributed by atoms with Crippen molar-refractivity contribution < 1.29 is 9.47 Å². The summed E-state index contributed by atoms with van der Waals surface area (Å²) in [7, 11) is 0. The molecule has 0 N–H and O–H groups in total. The number of nitrogens with zero attached hydrogens (tertiary/aromatic N) is 3. The van der Waals surface area contributed by atoms with Gasteiger partial charge in [-0.2, -0.15) is 5.26 Å². The van der Waals surface area contributed by atoms with Crippen LogP contribution in [0.2, 0.25) is 0 Å². The third kappa shape index (κ3) is 4.05. The molecule has 1 aromatic carbocycles. The molecule has 0 unspecified atom stereocenters. The van der Waals surface area contributed by atoms with Gasteiger partial charge in [-0.05, 0) is 50.3 Å². The first-order valence-corrected chi connectivity index (χ1v) is 6.42. The van der Waals surface area contributed by atoms with Crippen molar-refractivity contribution in [3.8, 4) is 11.8 Å². The summed E-state index contributed by atoms with van der Waals surface area (Å²) in [6, 6.07) is 10.6. The van der Waals surface area contributed by atoms with Gasteiger partial charge in [-0.25, -0.2) is 4.73 Å². The predicted octanol–water partition coefficient (Wildman–Crippen LogP) is 2.46. The van der Waals surface area contributed by atoms with Gasteiger partial charge < -0.3 is 9.94 Å². The second-order valence-corrected chi connectivity index (χ2v) is 5.01. The topological polar surface area (TPSA) is 72.8 Å². The number of rotatable bonds is 4. The molecule has 106 valence electrons. The van der Waals surface area contributed by atoms with Gasteiger partial charge >= 0.3 is 0 Å². The molecule has 0 saturated carbocycles. The number of hydrogen-bond donors (Lipinski definition) is 0. The monoisotopic (exact) mass is 281 g/mol. The van der Waals surface area contributed by atoms with E-state index in [2.05, 4.69) is 11.1 Å². The van der Waals surface area contributed by atoms with E-state index < -0.39 is 5.60 Å². The van der Waals surface area contributed by atoms with Crippen LogP contribution in [0.3, 0.4) is 0 Å². The van der Waals surface area contributed by atoms with Gasteiger partial charge in [0, 0.05) is 6.07 Å². The van der Waals surface area contributed by atoms with Crippen LogP contribution in [0.1, 0.15) is 25.1 Å². The Morgan fingerprint density at radius 2 is 2.00 bits per heavy atom. The van der Waals surface area contributed by atoms with Crippen molar-refractivity contribution in [3.63, 3.8) is 0 Å². The Morgan fingerprint density at radius 1 is 1.29 bits per heavy atom. The first-order chi connectivity index (χ1) is 10.00. The molecular weight excluding hydrogens is 266 g/mol. The summed E-state index contributed by atoms with van der Waals surface area (Å²) in [6.07, 6.45) is 6.25. The van der Waals surface area contributed by atoms with E-state index in [4.69, 9.17) is 10.00 Å². The Hall–Kier alpha value is -2.87. The summed E-state index contributed by atoms with van der Waals surface area (Å²) in [5, 5.41) is 20.3. The molecule has 2 rings (SSSR count). The van der Waals surface area contributed by atoms with Gasteiger partial charge in [0.15, 0.2) is 0 Å². The lowest BCUT2D eigenvalue weighted by Gasteiger charge is -2.22. The number of benzene rings is 1. The van der Waals surface area contributed by atoms with Crippen LogP contribution in [-0.4, -0.2) is 10.6 Å². The summed E-state index contributed by atoms with van der Waals surface area (Å²) in [4.78, 5) is 3.73. The molecule has 0 saturated heterocycles. The van der Waals surface area contributed by atoms with Gasteiger partial charge in [0.25, 0.3) is 6.33 Å².